The van der Waals surface area contributed by atoms with E-state index in [2.05, 4.69) is 9.97 Å². The lowest BCUT2D eigenvalue weighted by atomic mass is 10.1. The third-order valence-electron chi connectivity index (χ3n) is 5.18. The minimum absolute atomic E-state index is 0.0360. The molecule has 0 radical (unpaired) electrons. The molecule has 1 aromatic carbocycles. The van der Waals surface area contributed by atoms with Gasteiger partial charge in [-0.25, -0.2) is 4.98 Å². The lowest BCUT2D eigenvalue weighted by Crippen LogP contribution is -2.51. The van der Waals surface area contributed by atoms with Gasteiger partial charge in [0.05, 0.1) is 17.7 Å². The number of imidazole rings is 1. The van der Waals surface area contributed by atoms with Crippen molar-refractivity contribution in [2.24, 2.45) is 0 Å². The minimum Gasteiger partial charge on any atom is -0.339 e. The van der Waals surface area contributed by atoms with Crippen molar-refractivity contribution in [3.8, 4) is 5.69 Å². The monoisotopic (exact) mass is 420 g/mol. The van der Waals surface area contributed by atoms with Gasteiger partial charge in [-0.05, 0) is 24.3 Å². The van der Waals surface area contributed by atoms with Gasteiger partial charge < -0.3 is 14.4 Å². The highest BCUT2D eigenvalue weighted by Crippen LogP contribution is 2.25. The van der Waals surface area contributed by atoms with Gasteiger partial charge in [0.2, 0.25) is 5.91 Å². The van der Waals surface area contributed by atoms with Gasteiger partial charge in [0, 0.05) is 62.1 Å². The highest BCUT2D eigenvalue weighted by atomic mass is 16.6. The second kappa shape index (κ2) is 8.74. The van der Waals surface area contributed by atoms with Crippen molar-refractivity contribution in [3.63, 3.8) is 0 Å². The summed E-state index contributed by atoms with van der Waals surface area (Å²) >= 11 is 0. The first kappa shape index (κ1) is 20.2. The van der Waals surface area contributed by atoms with E-state index in [9.17, 15) is 19.7 Å². The molecule has 31 heavy (non-hydrogen) atoms. The average molecular weight is 420 g/mol. The van der Waals surface area contributed by atoms with E-state index in [0.717, 1.165) is 0 Å². The Kier molecular flexibility index (Phi) is 5.69. The van der Waals surface area contributed by atoms with Crippen molar-refractivity contribution < 1.29 is 14.5 Å². The normalized spacial score (nSPS) is 13.8. The molecule has 1 fully saturated rings. The Hall–Kier alpha value is -4.08. The third kappa shape index (κ3) is 4.42. The molecule has 158 valence electrons. The first-order valence-electron chi connectivity index (χ1n) is 9.76. The zero-order chi connectivity index (χ0) is 21.8. The second-order valence-corrected chi connectivity index (χ2v) is 7.10. The maximum absolute atomic E-state index is 12.9. The van der Waals surface area contributed by atoms with E-state index in [1.807, 2.05) is 6.07 Å². The SMILES string of the molecule is O=C(Cc1ccccn1)N1CCN(C(=O)c2ccc(-n3ccnc3)c([N+](=O)[O-])c2)CC1. The van der Waals surface area contributed by atoms with Crippen molar-refractivity contribution in [3.05, 3.63) is 82.7 Å². The predicted octanol–water partition coefficient (Wildman–Crippen LogP) is 1.70. The molecular formula is C21H20N6O4. The molecule has 2 aromatic heterocycles. The van der Waals surface area contributed by atoms with Crippen molar-refractivity contribution in [1.82, 2.24) is 24.3 Å². The average Bonchev–Trinajstić information content (AvgIpc) is 3.34. The molecule has 0 N–H and O–H groups in total. The van der Waals surface area contributed by atoms with Gasteiger partial charge in [-0.15, -0.1) is 0 Å². The lowest BCUT2D eigenvalue weighted by Gasteiger charge is -2.34. The molecule has 0 bridgehead atoms. The van der Waals surface area contributed by atoms with Crippen LogP contribution in [0.3, 0.4) is 0 Å². The van der Waals surface area contributed by atoms with Crippen LogP contribution in [0.15, 0.2) is 61.3 Å². The lowest BCUT2D eigenvalue weighted by molar-refractivity contribution is -0.384. The Morgan fingerprint density at radius 1 is 1.03 bits per heavy atom. The zero-order valence-electron chi connectivity index (χ0n) is 16.6. The van der Waals surface area contributed by atoms with Crippen molar-refractivity contribution in [2.75, 3.05) is 26.2 Å². The first-order chi connectivity index (χ1) is 15.0. The topological polar surface area (TPSA) is 114 Å². The van der Waals surface area contributed by atoms with Crippen LogP contribution in [0.1, 0.15) is 16.1 Å². The summed E-state index contributed by atoms with van der Waals surface area (Å²) in [7, 11) is 0. The number of carbonyl (C=O) groups is 2. The maximum atomic E-state index is 12.9. The molecule has 0 saturated carbocycles. The molecule has 0 atom stereocenters. The molecule has 3 heterocycles. The summed E-state index contributed by atoms with van der Waals surface area (Å²) < 4.78 is 1.53. The summed E-state index contributed by atoms with van der Waals surface area (Å²) in [5.41, 5.74) is 1.11. The largest absolute Gasteiger partial charge is 0.339 e. The van der Waals surface area contributed by atoms with Crippen LogP contribution >= 0.6 is 0 Å². The van der Waals surface area contributed by atoms with E-state index in [4.69, 9.17) is 0 Å². The number of hydrogen-bond acceptors (Lipinski definition) is 6. The molecule has 0 unspecified atom stereocenters. The van der Waals surface area contributed by atoms with Crippen LogP contribution in [0, 0.1) is 10.1 Å². The van der Waals surface area contributed by atoms with E-state index < -0.39 is 4.92 Å². The standard InChI is InChI=1S/C21H20N6O4/c28-20(14-17-3-1-2-6-23-17)24-9-11-25(12-10-24)21(29)16-4-5-18(19(13-16)27(30)31)26-8-7-22-15-26/h1-8,13,15H,9-12,14H2. The molecule has 4 rings (SSSR count). The Balaban J connectivity index is 1.42. The summed E-state index contributed by atoms with van der Waals surface area (Å²) in [6, 6.07) is 9.84. The second-order valence-electron chi connectivity index (χ2n) is 7.10. The number of benzene rings is 1. The number of nitro benzene ring substituents is 1. The van der Waals surface area contributed by atoms with E-state index in [0.29, 0.717) is 37.6 Å². The smallest absolute Gasteiger partial charge is 0.294 e. The van der Waals surface area contributed by atoms with Gasteiger partial charge in [-0.1, -0.05) is 6.07 Å². The highest BCUT2D eigenvalue weighted by molar-refractivity contribution is 5.95. The van der Waals surface area contributed by atoms with Crippen LogP contribution in [0.25, 0.3) is 5.69 Å². The highest BCUT2D eigenvalue weighted by Gasteiger charge is 2.27. The van der Waals surface area contributed by atoms with Crippen LogP contribution in [0.4, 0.5) is 5.69 Å². The molecule has 10 heteroatoms. The van der Waals surface area contributed by atoms with Crippen LogP contribution in [0.2, 0.25) is 0 Å². The number of carbonyl (C=O) groups excluding carboxylic acids is 2. The van der Waals surface area contributed by atoms with Gasteiger partial charge in [-0.2, -0.15) is 0 Å². The Morgan fingerprint density at radius 3 is 2.45 bits per heavy atom. The predicted molar refractivity (Wildman–Crippen MR) is 111 cm³/mol. The van der Waals surface area contributed by atoms with Gasteiger partial charge in [0.1, 0.15) is 5.69 Å². The minimum atomic E-state index is -0.514. The Labute approximate surface area is 177 Å². The Morgan fingerprint density at radius 2 is 1.81 bits per heavy atom. The fourth-order valence-corrected chi connectivity index (χ4v) is 3.53. The van der Waals surface area contributed by atoms with Gasteiger partial charge in [0.15, 0.2) is 0 Å². The summed E-state index contributed by atoms with van der Waals surface area (Å²) in [4.78, 5) is 47.8. The molecule has 2 amide bonds. The van der Waals surface area contributed by atoms with E-state index in [1.54, 1.807) is 46.5 Å². The first-order valence-corrected chi connectivity index (χ1v) is 9.76. The van der Waals surface area contributed by atoms with Crippen molar-refractivity contribution in [1.29, 1.82) is 0 Å². The van der Waals surface area contributed by atoms with Crippen LogP contribution in [-0.4, -0.2) is 67.3 Å². The molecule has 1 saturated heterocycles. The van der Waals surface area contributed by atoms with Crippen LogP contribution < -0.4 is 0 Å². The van der Waals surface area contributed by atoms with E-state index in [1.165, 1.54) is 23.2 Å². The van der Waals surface area contributed by atoms with E-state index >= 15 is 0 Å². The Bertz CT molecular complexity index is 1090. The summed E-state index contributed by atoms with van der Waals surface area (Å²) in [6.07, 6.45) is 6.46. The molecule has 0 spiro atoms. The summed E-state index contributed by atoms with van der Waals surface area (Å²) in [6.45, 7) is 1.55. The number of amides is 2. The number of hydrogen-bond donors (Lipinski definition) is 0. The van der Waals surface area contributed by atoms with Crippen molar-refractivity contribution >= 4 is 17.5 Å². The van der Waals surface area contributed by atoms with Crippen molar-refractivity contribution in [2.45, 2.75) is 6.42 Å². The molecule has 1 aliphatic rings. The number of piperazine rings is 1. The number of nitro groups is 1. The fourth-order valence-electron chi connectivity index (χ4n) is 3.53. The third-order valence-corrected chi connectivity index (χ3v) is 5.18. The van der Waals surface area contributed by atoms with E-state index in [-0.39, 0.29) is 29.5 Å². The quantitative estimate of drug-likeness (QED) is 0.458. The maximum Gasteiger partial charge on any atom is 0.294 e. The van der Waals surface area contributed by atoms with Crippen LogP contribution in [0.5, 0.6) is 0 Å². The number of nitrogens with zero attached hydrogens (tertiary/aromatic N) is 6. The van der Waals surface area contributed by atoms with Gasteiger partial charge in [-0.3, -0.25) is 24.7 Å². The fraction of sp³-hybridized carbons (Fsp3) is 0.238. The summed E-state index contributed by atoms with van der Waals surface area (Å²) in [5.74, 6) is -0.330. The van der Waals surface area contributed by atoms with Gasteiger partial charge in [0.25, 0.3) is 11.6 Å². The molecule has 1 aliphatic heterocycles. The van der Waals surface area contributed by atoms with Crippen LogP contribution in [-0.2, 0) is 11.2 Å². The molecule has 0 aliphatic carbocycles. The number of rotatable bonds is 5. The molecule has 10 nitrogen and oxygen atoms in total. The number of aromatic nitrogens is 3. The summed E-state index contributed by atoms with van der Waals surface area (Å²) in [5, 5.41) is 11.5. The molecule has 3 aromatic rings. The zero-order valence-corrected chi connectivity index (χ0v) is 16.6. The van der Waals surface area contributed by atoms with Gasteiger partial charge >= 0.3 is 0 Å². The number of pyridine rings is 1. The molecular weight excluding hydrogens is 400 g/mol.